The highest BCUT2D eigenvalue weighted by atomic mass is 35.5. The van der Waals surface area contributed by atoms with Crippen molar-refractivity contribution in [2.75, 3.05) is 6.61 Å². The zero-order chi connectivity index (χ0) is 18.8. The van der Waals surface area contributed by atoms with Crippen molar-refractivity contribution in [2.45, 2.75) is 35.5 Å². The van der Waals surface area contributed by atoms with Crippen molar-refractivity contribution < 1.29 is 38.4 Å². The molecule has 0 spiro atoms. The van der Waals surface area contributed by atoms with Crippen LogP contribution in [-0.4, -0.2) is 72.1 Å². The lowest BCUT2D eigenvalue weighted by molar-refractivity contribution is -0.252. The summed E-state index contributed by atoms with van der Waals surface area (Å²) >= 11 is 5.77. The van der Waals surface area contributed by atoms with Gasteiger partial charge in [0.15, 0.2) is 6.29 Å². The molecule has 140 valence electrons. The van der Waals surface area contributed by atoms with Gasteiger partial charge in [-0.15, -0.1) is 0 Å². The molecule has 1 aliphatic heterocycles. The maximum absolute atomic E-state index is 12.1. The second kappa shape index (κ2) is 7.83. The number of urea groups is 1. The number of carbonyl (C=O) groups is 1. The van der Waals surface area contributed by atoms with E-state index in [-0.39, 0.29) is 9.92 Å². The minimum Gasteiger partial charge on any atom is -0.394 e. The van der Waals surface area contributed by atoms with Gasteiger partial charge in [-0.1, -0.05) is 23.7 Å². The van der Waals surface area contributed by atoms with Gasteiger partial charge in [0.2, 0.25) is 0 Å². The number of aliphatic hydroxyl groups excluding tert-OH is 4. The summed E-state index contributed by atoms with van der Waals surface area (Å²) in [5.74, 6) is 0. The topological polar surface area (TPSA) is 165 Å². The van der Waals surface area contributed by atoms with Crippen LogP contribution in [0.1, 0.15) is 0 Å². The predicted molar refractivity (Wildman–Crippen MR) is 84.1 cm³/mol. The molecule has 1 saturated heterocycles. The van der Waals surface area contributed by atoms with E-state index in [0.717, 1.165) is 0 Å². The Morgan fingerprint density at radius 1 is 1.20 bits per heavy atom. The van der Waals surface area contributed by atoms with Gasteiger partial charge in [-0.3, -0.25) is 0 Å². The standard InChI is InChI=1S/C13H17ClN2O8S/c14-6-3-1-2-4-8(6)25(22,23)16-13(21)15-9-11(19)10(18)7(5-17)24-12(9)20/h1-4,7,9-12,17-20H,5H2,(H2,15,16,21)/t7-,9-,10-,11-,12?/m1/s1. The Bertz CT molecular complexity index is 730. The van der Waals surface area contributed by atoms with Gasteiger partial charge in [-0.05, 0) is 12.1 Å². The van der Waals surface area contributed by atoms with Gasteiger partial charge in [-0.25, -0.2) is 17.9 Å². The fraction of sp³-hybridized carbons (Fsp3) is 0.462. The molecule has 2 amide bonds. The first kappa shape index (κ1) is 19.8. The molecule has 5 atom stereocenters. The molecule has 0 radical (unpaired) electrons. The molecule has 1 aromatic rings. The first-order chi connectivity index (χ1) is 11.7. The molecule has 0 aromatic heterocycles. The molecule has 25 heavy (non-hydrogen) atoms. The fourth-order valence-corrected chi connectivity index (χ4v) is 3.71. The quantitative estimate of drug-likeness (QED) is 0.344. The zero-order valence-corrected chi connectivity index (χ0v) is 14.2. The molecule has 1 heterocycles. The number of aliphatic hydroxyl groups is 4. The number of amides is 2. The van der Waals surface area contributed by atoms with Crippen LogP contribution in [0.25, 0.3) is 0 Å². The van der Waals surface area contributed by atoms with Crippen molar-refractivity contribution in [3.8, 4) is 0 Å². The van der Waals surface area contributed by atoms with Crippen molar-refractivity contribution in [1.82, 2.24) is 10.0 Å². The second-order valence-electron chi connectivity index (χ2n) is 5.26. The van der Waals surface area contributed by atoms with E-state index in [1.807, 2.05) is 5.32 Å². The Balaban J connectivity index is 2.08. The third kappa shape index (κ3) is 4.39. The summed E-state index contributed by atoms with van der Waals surface area (Å²) in [6.07, 6.45) is -6.32. The average Bonchev–Trinajstić information content (AvgIpc) is 2.54. The normalized spacial score (nSPS) is 29.9. The Kier molecular flexibility index (Phi) is 6.21. The van der Waals surface area contributed by atoms with E-state index in [9.17, 15) is 28.5 Å². The molecular weight excluding hydrogens is 380 g/mol. The fourth-order valence-electron chi connectivity index (χ4n) is 2.27. The van der Waals surface area contributed by atoms with Gasteiger partial charge in [0.05, 0.1) is 11.6 Å². The maximum atomic E-state index is 12.1. The Morgan fingerprint density at radius 2 is 1.84 bits per heavy atom. The van der Waals surface area contributed by atoms with Crippen molar-refractivity contribution in [3.63, 3.8) is 0 Å². The van der Waals surface area contributed by atoms with Gasteiger partial charge in [0.1, 0.15) is 29.2 Å². The first-order valence-corrected chi connectivity index (χ1v) is 8.92. The van der Waals surface area contributed by atoms with Crippen LogP contribution < -0.4 is 10.0 Å². The third-order valence-corrected chi connectivity index (χ3v) is 5.38. The predicted octanol–water partition coefficient (Wildman–Crippen LogP) is -1.87. The lowest BCUT2D eigenvalue weighted by atomic mass is 9.97. The maximum Gasteiger partial charge on any atom is 0.329 e. The van der Waals surface area contributed by atoms with Crippen LogP contribution in [0.2, 0.25) is 5.02 Å². The number of nitrogens with one attached hydrogen (secondary N) is 2. The Labute approximate surface area is 148 Å². The smallest absolute Gasteiger partial charge is 0.329 e. The average molecular weight is 397 g/mol. The lowest BCUT2D eigenvalue weighted by Gasteiger charge is -2.40. The Hall–Kier alpha value is -1.47. The number of carbonyl (C=O) groups excluding carboxylic acids is 1. The number of hydrogen-bond donors (Lipinski definition) is 6. The van der Waals surface area contributed by atoms with Gasteiger partial charge in [-0.2, -0.15) is 0 Å². The van der Waals surface area contributed by atoms with E-state index in [1.54, 1.807) is 4.72 Å². The van der Waals surface area contributed by atoms with Gasteiger partial charge in [0, 0.05) is 0 Å². The summed E-state index contributed by atoms with van der Waals surface area (Å²) in [7, 11) is -4.31. The molecule has 1 unspecified atom stereocenters. The molecule has 2 rings (SSSR count). The molecule has 1 fully saturated rings. The van der Waals surface area contributed by atoms with E-state index in [4.69, 9.17) is 21.4 Å². The summed E-state index contributed by atoms with van der Waals surface area (Å²) in [6.45, 7) is -0.672. The van der Waals surface area contributed by atoms with Crippen LogP contribution in [0.4, 0.5) is 4.79 Å². The van der Waals surface area contributed by atoms with Crippen LogP contribution in [0, 0.1) is 0 Å². The summed E-state index contributed by atoms with van der Waals surface area (Å²) in [5, 5.41) is 40.2. The molecule has 6 N–H and O–H groups in total. The lowest BCUT2D eigenvalue weighted by Crippen LogP contribution is -2.65. The van der Waals surface area contributed by atoms with Crippen molar-refractivity contribution >= 4 is 27.7 Å². The van der Waals surface area contributed by atoms with Crippen LogP contribution in [0.3, 0.4) is 0 Å². The van der Waals surface area contributed by atoms with Gasteiger partial charge in [0.25, 0.3) is 10.0 Å². The number of benzene rings is 1. The number of halogens is 1. The van der Waals surface area contributed by atoms with Crippen molar-refractivity contribution in [3.05, 3.63) is 29.3 Å². The van der Waals surface area contributed by atoms with E-state index in [0.29, 0.717) is 0 Å². The highest BCUT2D eigenvalue weighted by molar-refractivity contribution is 7.90. The van der Waals surface area contributed by atoms with Gasteiger partial charge >= 0.3 is 6.03 Å². The minimum atomic E-state index is -4.31. The SMILES string of the molecule is O=C(N[C@H]1C(O)O[C@H](CO)[C@@H](O)[C@@H]1O)NS(=O)(=O)c1ccccc1Cl. The molecule has 0 saturated carbocycles. The Morgan fingerprint density at radius 3 is 2.44 bits per heavy atom. The summed E-state index contributed by atoms with van der Waals surface area (Å²) < 4.78 is 30.8. The molecule has 12 heteroatoms. The van der Waals surface area contributed by atoms with E-state index in [1.165, 1.54) is 24.3 Å². The van der Waals surface area contributed by atoms with Gasteiger partial charge < -0.3 is 30.5 Å². The highest BCUT2D eigenvalue weighted by Crippen LogP contribution is 2.21. The number of sulfonamides is 1. The number of rotatable bonds is 4. The largest absolute Gasteiger partial charge is 0.394 e. The molecular formula is C13H17ClN2O8S. The second-order valence-corrected chi connectivity index (χ2v) is 7.32. The van der Waals surface area contributed by atoms with E-state index < -0.39 is 53.3 Å². The molecule has 1 aromatic carbocycles. The number of ether oxygens (including phenoxy) is 1. The van der Waals surface area contributed by atoms with Crippen LogP contribution in [0.15, 0.2) is 29.2 Å². The van der Waals surface area contributed by atoms with E-state index in [2.05, 4.69) is 0 Å². The van der Waals surface area contributed by atoms with Crippen molar-refractivity contribution in [2.24, 2.45) is 0 Å². The van der Waals surface area contributed by atoms with Crippen LogP contribution in [0.5, 0.6) is 0 Å². The van der Waals surface area contributed by atoms with Crippen LogP contribution in [-0.2, 0) is 14.8 Å². The molecule has 0 aliphatic carbocycles. The van der Waals surface area contributed by atoms with Crippen LogP contribution >= 0.6 is 11.6 Å². The zero-order valence-electron chi connectivity index (χ0n) is 12.6. The number of hydrogen-bond acceptors (Lipinski definition) is 8. The summed E-state index contributed by atoms with van der Waals surface area (Å²) in [4.78, 5) is 11.6. The summed E-state index contributed by atoms with van der Waals surface area (Å²) in [6, 6.07) is 2.61. The molecule has 0 bridgehead atoms. The minimum absolute atomic E-state index is 0.106. The van der Waals surface area contributed by atoms with Crippen molar-refractivity contribution in [1.29, 1.82) is 0 Å². The third-order valence-electron chi connectivity index (χ3n) is 3.55. The summed E-state index contributed by atoms with van der Waals surface area (Å²) in [5.41, 5.74) is 0. The highest BCUT2D eigenvalue weighted by Gasteiger charge is 2.44. The molecule has 1 aliphatic rings. The van der Waals surface area contributed by atoms with E-state index >= 15 is 0 Å². The monoisotopic (exact) mass is 396 g/mol. The molecule has 10 nitrogen and oxygen atoms in total. The first-order valence-electron chi connectivity index (χ1n) is 7.05.